The van der Waals surface area contributed by atoms with E-state index in [0.717, 1.165) is 5.56 Å². The Morgan fingerprint density at radius 2 is 1.76 bits per heavy atom. The Bertz CT molecular complexity index is 1440. The molecule has 0 saturated heterocycles. The molecule has 0 saturated carbocycles. The number of aromatic nitrogens is 2. The summed E-state index contributed by atoms with van der Waals surface area (Å²) in [5.41, 5.74) is 0.739. The van der Waals surface area contributed by atoms with Gasteiger partial charge in [0.25, 0.3) is 11.1 Å². The predicted octanol–water partition coefficient (Wildman–Crippen LogP) is 1.70. The lowest BCUT2D eigenvalue weighted by atomic mass is 10.2. The second-order valence-corrected chi connectivity index (χ2v) is 9.81. The number of aryl methyl sites for hydroxylation is 1. The molecule has 1 aliphatic rings. The highest BCUT2D eigenvalue weighted by molar-refractivity contribution is 7.89. The van der Waals surface area contributed by atoms with Crippen molar-refractivity contribution >= 4 is 32.4 Å². The number of benzene rings is 2. The summed E-state index contributed by atoms with van der Waals surface area (Å²) >= 11 is 0. The first-order valence-corrected chi connectivity index (χ1v) is 12.4. The maximum absolute atomic E-state index is 12.9. The van der Waals surface area contributed by atoms with Crippen molar-refractivity contribution in [2.45, 2.75) is 38.1 Å². The molecule has 0 atom stereocenters. The van der Waals surface area contributed by atoms with Gasteiger partial charge in [0.05, 0.1) is 22.2 Å². The minimum absolute atomic E-state index is 0.0210. The number of carbonyl (C=O) groups excluding carboxylic acids is 1. The van der Waals surface area contributed by atoms with Crippen LogP contribution >= 0.6 is 0 Å². The largest absolute Gasteiger partial charge is 0.312 e. The third-order valence-corrected chi connectivity index (χ3v) is 8.07. The van der Waals surface area contributed by atoms with Crippen molar-refractivity contribution in [3.05, 3.63) is 68.7 Å². The zero-order chi connectivity index (χ0) is 23.8. The number of anilines is 1. The molecule has 0 bridgehead atoms. The molecule has 4 rings (SSSR count). The smallest absolute Gasteiger partial charge is 0.273 e. The average molecular weight is 471 g/mol. The Kier molecular flexibility index (Phi) is 6.22. The number of aromatic amines is 1. The molecule has 0 aliphatic carbocycles. The zero-order valence-electron chi connectivity index (χ0n) is 18.6. The number of amides is 1. The first-order valence-electron chi connectivity index (χ1n) is 10.9. The van der Waals surface area contributed by atoms with Gasteiger partial charge >= 0.3 is 0 Å². The van der Waals surface area contributed by atoms with Gasteiger partial charge in [-0.3, -0.25) is 19.5 Å². The first kappa shape index (κ1) is 22.9. The fourth-order valence-corrected chi connectivity index (χ4v) is 5.77. The van der Waals surface area contributed by atoms with E-state index in [1.54, 1.807) is 55.1 Å². The molecule has 0 spiro atoms. The van der Waals surface area contributed by atoms with Crippen LogP contribution < -0.4 is 16.0 Å². The van der Waals surface area contributed by atoms with Crippen LogP contribution in [-0.4, -0.2) is 48.0 Å². The highest BCUT2D eigenvalue weighted by Crippen LogP contribution is 2.31. The highest BCUT2D eigenvalue weighted by Gasteiger charge is 2.28. The number of hydrogen-bond acceptors (Lipinski definition) is 5. The Morgan fingerprint density at radius 3 is 2.45 bits per heavy atom. The topological polar surface area (TPSA) is 113 Å². The molecule has 9 nitrogen and oxygen atoms in total. The summed E-state index contributed by atoms with van der Waals surface area (Å²) in [6.45, 7) is 4.84. The van der Waals surface area contributed by atoms with E-state index in [0.29, 0.717) is 42.5 Å². The molecule has 3 aromatic rings. The van der Waals surface area contributed by atoms with Gasteiger partial charge in [0.15, 0.2) is 0 Å². The highest BCUT2D eigenvalue weighted by atomic mass is 32.2. The number of H-pyrrole nitrogens is 1. The van der Waals surface area contributed by atoms with Gasteiger partial charge in [0.1, 0.15) is 0 Å². The average Bonchev–Trinajstić information content (AvgIpc) is 3.24. The third-order valence-electron chi connectivity index (χ3n) is 6.02. The van der Waals surface area contributed by atoms with Crippen molar-refractivity contribution < 1.29 is 13.2 Å². The quantitative estimate of drug-likeness (QED) is 0.565. The molecule has 33 heavy (non-hydrogen) atoms. The van der Waals surface area contributed by atoms with E-state index in [1.165, 1.54) is 15.1 Å². The Hall–Kier alpha value is -3.24. The minimum Gasteiger partial charge on any atom is -0.312 e. The summed E-state index contributed by atoms with van der Waals surface area (Å²) in [6, 6.07) is 11.4. The maximum Gasteiger partial charge on any atom is 0.273 e. The molecule has 174 valence electrons. The van der Waals surface area contributed by atoms with E-state index >= 15 is 0 Å². The van der Waals surface area contributed by atoms with Gasteiger partial charge in [-0.05, 0) is 42.3 Å². The molecule has 2 aromatic carbocycles. The van der Waals surface area contributed by atoms with Crippen LogP contribution in [0.1, 0.15) is 25.8 Å². The first-order chi connectivity index (χ1) is 15.8. The maximum atomic E-state index is 12.9. The van der Waals surface area contributed by atoms with Crippen LogP contribution in [0.4, 0.5) is 5.69 Å². The van der Waals surface area contributed by atoms with Crippen LogP contribution in [0.25, 0.3) is 10.8 Å². The molecule has 10 heteroatoms. The van der Waals surface area contributed by atoms with Crippen molar-refractivity contribution in [1.82, 2.24) is 14.1 Å². The SMILES string of the molecule is CCN(CC)S(=O)(=O)c1ccc2c(c1)CCN2C(=O)CCn1[nH]c(=O)c2ccccc2c1=O. The zero-order valence-corrected chi connectivity index (χ0v) is 19.4. The molecule has 0 unspecified atom stereocenters. The van der Waals surface area contributed by atoms with Crippen LogP contribution in [0, 0.1) is 0 Å². The minimum atomic E-state index is -3.58. The van der Waals surface area contributed by atoms with Gasteiger partial charge < -0.3 is 4.90 Å². The number of hydrogen-bond donors (Lipinski definition) is 1. The van der Waals surface area contributed by atoms with Gasteiger partial charge in [-0.25, -0.2) is 13.1 Å². The van der Waals surface area contributed by atoms with Crippen molar-refractivity contribution in [2.24, 2.45) is 0 Å². The predicted molar refractivity (Wildman–Crippen MR) is 126 cm³/mol. The molecule has 2 heterocycles. The molecule has 1 aliphatic heterocycles. The van der Waals surface area contributed by atoms with Crippen LogP contribution in [0.2, 0.25) is 0 Å². The number of carbonyl (C=O) groups is 1. The van der Waals surface area contributed by atoms with Gasteiger partial charge in [-0.2, -0.15) is 4.31 Å². The summed E-state index contributed by atoms with van der Waals surface area (Å²) in [4.78, 5) is 39.7. The van der Waals surface area contributed by atoms with Crippen molar-refractivity contribution in [2.75, 3.05) is 24.5 Å². The van der Waals surface area contributed by atoms with E-state index in [1.807, 2.05) is 0 Å². The van der Waals surface area contributed by atoms with Crippen molar-refractivity contribution in [3.8, 4) is 0 Å². The monoisotopic (exact) mass is 470 g/mol. The third kappa shape index (κ3) is 4.11. The lowest BCUT2D eigenvalue weighted by molar-refractivity contribution is -0.118. The molecule has 0 radical (unpaired) electrons. The van der Waals surface area contributed by atoms with Gasteiger partial charge in [-0.15, -0.1) is 0 Å². The molecular weight excluding hydrogens is 444 g/mol. The normalized spacial score (nSPS) is 13.6. The number of nitrogens with zero attached hydrogens (tertiary/aromatic N) is 3. The van der Waals surface area contributed by atoms with Gasteiger partial charge in [0.2, 0.25) is 15.9 Å². The van der Waals surface area contributed by atoms with E-state index in [2.05, 4.69) is 5.10 Å². The molecule has 1 amide bonds. The Balaban J connectivity index is 1.53. The number of nitrogens with one attached hydrogen (secondary N) is 1. The Morgan fingerprint density at radius 1 is 1.06 bits per heavy atom. The molecular formula is C23H26N4O5S. The summed E-state index contributed by atoms with van der Waals surface area (Å²) in [7, 11) is -3.58. The van der Waals surface area contributed by atoms with E-state index < -0.39 is 10.0 Å². The van der Waals surface area contributed by atoms with Crippen LogP contribution in [-0.2, 0) is 27.8 Å². The van der Waals surface area contributed by atoms with Crippen LogP contribution in [0.15, 0.2) is 56.9 Å². The van der Waals surface area contributed by atoms with Crippen molar-refractivity contribution in [3.63, 3.8) is 0 Å². The molecule has 1 aromatic heterocycles. The van der Waals surface area contributed by atoms with E-state index in [4.69, 9.17) is 0 Å². The Labute approximate surface area is 191 Å². The number of sulfonamides is 1. The van der Waals surface area contributed by atoms with Crippen molar-refractivity contribution in [1.29, 1.82) is 0 Å². The van der Waals surface area contributed by atoms with E-state index in [-0.39, 0.29) is 34.9 Å². The van der Waals surface area contributed by atoms with Gasteiger partial charge in [-0.1, -0.05) is 26.0 Å². The second-order valence-electron chi connectivity index (χ2n) is 7.87. The lowest BCUT2D eigenvalue weighted by Crippen LogP contribution is -2.34. The lowest BCUT2D eigenvalue weighted by Gasteiger charge is -2.20. The molecule has 1 N–H and O–H groups in total. The summed E-state index contributed by atoms with van der Waals surface area (Å²) in [5, 5.41) is 3.16. The summed E-state index contributed by atoms with van der Waals surface area (Å²) < 4.78 is 28.2. The van der Waals surface area contributed by atoms with Gasteiger partial charge in [0, 0.05) is 31.7 Å². The summed E-state index contributed by atoms with van der Waals surface area (Å²) in [5.74, 6) is -0.200. The van der Waals surface area contributed by atoms with Crippen LogP contribution in [0.3, 0.4) is 0 Å². The van der Waals surface area contributed by atoms with Crippen LogP contribution in [0.5, 0.6) is 0 Å². The second kappa shape index (κ2) is 8.95. The fraction of sp³-hybridized carbons (Fsp3) is 0.348. The fourth-order valence-electron chi connectivity index (χ4n) is 4.26. The molecule has 0 fully saturated rings. The van der Waals surface area contributed by atoms with E-state index in [9.17, 15) is 22.8 Å². The standard InChI is InChI=1S/C23H26N4O5S/c1-3-25(4-2)33(31,32)17-9-10-20-16(15-17)11-13-26(20)21(28)12-14-27-23(30)19-8-6-5-7-18(19)22(29)24-27/h5-10,15H,3-4,11-14H2,1-2H3,(H,24,29). The number of fused-ring (bicyclic) bond motifs is 2. The summed E-state index contributed by atoms with van der Waals surface area (Å²) in [6.07, 6.45) is 0.572. The number of rotatable bonds is 7.